The molecule has 2 aromatic carbocycles. The molecule has 2 aromatic rings. The van der Waals surface area contributed by atoms with E-state index in [0.29, 0.717) is 17.5 Å². The molecule has 0 spiro atoms. The maximum absolute atomic E-state index is 12.4. The number of hydrogen-bond acceptors (Lipinski definition) is 6. The summed E-state index contributed by atoms with van der Waals surface area (Å²) < 4.78 is 0. The highest BCUT2D eigenvalue weighted by molar-refractivity contribution is 5.89. The van der Waals surface area contributed by atoms with Gasteiger partial charge in [0.1, 0.15) is 0 Å². The second-order valence-electron chi connectivity index (χ2n) is 8.81. The molecular weight excluding hydrogens is 444 g/mol. The van der Waals surface area contributed by atoms with Gasteiger partial charge in [-0.05, 0) is 67.5 Å². The van der Waals surface area contributed by atoms with Gasteiger partial charge in [-0.3, -0.25) is 9.78 Å². The monoisotopic (exact) mass is 484 g/mol. The SMILES string of the molecule is CCCCCCC(OOC(=O)c1ccc(CCCC)cc1)OOC(=O)c1ccc(CCCC)cc1. The van der Waals surface area contributed by atoms with Crippen LogP contribution in [0, 0.1) is 0 Å². The molecule has 2 rings (SSSR count). The molecule has 0 unspecified atom stereocenters. The van der Waals surface area contributed by atoms with Crippen LogP contribution in [0.1, 0.15) is 110 Å². The number of carbonyl (C=O) groups excluding carboxylic acids is 2. The number of aryl methyl sites for hydroxylation is 2. The number of hydrogen-bond donors (Lipinski definition) is 0. The first-order valence-electron chi connectivity index (χ1n) is 13.0. The molecule has 0 saturated heterocycles. The van der Waals surface area contributed by atoms with Gasteiger partial charge >= 0.3 is 11.9 Å². The van der Waals surface area contributed by atoms with Gasteiger partial charge < -0.3 is 0 Å². The van der Waals surface area contributed by atoms with Crippen molar-refractivity contribution in [3.05, 3.63) is 70.8 Å². The van der Waals surface area contributed by atoms with Gasteiger partial charge in [0.2, 0.25) is 6.29 Å². The number of carbonyl (C=O) groups is 2. The van der Waals surface area contributed by atoms with Crippen molar-refractivity contribution in [2.45, 2.75) is 97.7 Å². The minimum absolute atomic E-state index is 0.384. The Morgan fingerprint density at radius 3 is 1.43 bits per heavy atom. The van der Waals surface area contributed by atoms with Gasteiger partial charge in [-0.2, -0.15) is 0 Å². The average Bonchev–Trinajstić information content (AvgIpc) is 2.90. The van der Waals surface area contributed by atoms with Gasteiger partial charge in [0, 0.05) is 6.42 Å². The van der Waals surface area contributed by atoms with Crippen molar-refractivity contribution in [2.24, 2.45) is 0 Å². The van der Waals surface area contributed by atoms with Crippen molar-refractivity contribution >= 4 is 11.9 Å². The molecule has 0 aliphatic carbocycles. The fourth-order valence-electron chi connectivity index (χ4n) is 3.52. The molecule has 0 heterocycles. The van der Waals surface area contributed by atoms with E-state index in [9.17, 15) is 9.59 Å². The molecule has 0 fully saturated rings. The number of rotatable bonds is 17. The smallest absolute Gasteiger partial charge is 0.290 e. The average molecular weight is 485 g/mol. The summed E-state index contributed by atoms with van der Waals surface area (Å²) in [6.45, 7) is 6.41. The Bertz CT molecular complexity index is 792. The Hall–Kier alpha value is -2.70. The Labute approximate surface area is 209 Å². The van der Waals surface area contributed by atoms with E-state index in [4.69, 9.17) is 19.6 Å². The van der Waals surface area contributed by atoms with Crippen molar-refractivity contribution in [1.29, 1.82) is 0 Å². The summed E-state index contributed by atoms with van der Waals surface area (Å²) >= 11 is 0. The van der Waals surface area contributed by atoms with E-state index in [1.807, 2.05) is 24.3 Å². The molecule has 0 aliphatic rings. The van der Waals surface area contributed by atoms with Crippen LogP contribution in [0.2, 0.25) is 0 Å². The molecule has 0 amide bonds. The quantitative estimate of drug-likeness (QED) is 0.0999. The van der Waals surface area contributed by atoms with E-state index in [2.05, 4.69) is 20.8 Å². The number of benzene rings is 2. The van der Waals surface area contributed by atoms with Crippen LogP contribution < -0.4 is 0 Å². The normalized spacial score (nSPS) is 11.0. The third-order valence-corrected chi connectivity index (χ3v) is 5.77. The van der Waals surface area contributed by atoms with Crippen LogP contribution in [0.15, 0.2) is 48.5 Å². The fourth-order valence-corrected chi connectivity index (χ4v) is 3.52. The molecule has 0 aromatic heterocycles. The molecular formula is C29H40O6. The lowest BCUT2D eigenvalue weighted by Crippen LogP contribution is -2.22. The van der Waals surface area contributed by atoms with E-state index in [1.165, 1.54) is 11.1 Å². The summed E-state index contributed by atoms with van der Waals surface area (Å²) in [7, 11) is 0. The van der Waals surface area contributed by atoms with Crippen molar-refractivity contribution in [2.75, 3.05) is 0 Å². The lowest BCUT2D eigenvalue weighted by atomic mass is 10.1. The maximum Gasteiger partial charge on any atom is 0.373 e. The molecule has 0 radical (unpaired) electrons. The Morgan fingerprint density at radius 1 is 0.600 bits per heavy atom. The predicted octanol–water partition coefficient (Wildman–Crippen LogP) is 7.55. The van der Waals surface area contributed by atoms with E-state index in [-0.39, 0.29) is 0 Å². The van der Waals surface area contributed by atoms with Gasteiger partial charge in [-0.1, -0.05) is 77.1 Å². The van der Waals surface area contributed by atoms with Gasteiger partial charge in [0.15, 0.2) is 0 Å². The van der Waals surface area contributed by atoms with E-state index in [1.54, 1.807) is 24.3 Å². The summed E-state index contributed by atoms with van der Waals surface area (Å²) in [4.78, 5) is 45.3. The van der Waals surface area contributed by atoms with Crippen LogP contribution in [0.3, 0.4) is 0 Å². The van der Waals surface area contributed by atoms with Crippen LogP contribution in [0.25, 0.3) is 0 Å². The summed E-state index contributed by atoms with van der Waals surface area (Å²) in [6, 6.07) is 14.5. The molecule has 0 bridgehead atoms. The van der Waals surface area contributed by atoms with Gasteiger partial charge in [0.25, 0.3) is 0 Å². The van der Waals surface area contributed by atoms with Crippen molar-refractivity contribution in [3.8, 4) is 0 Å². The van der Waals surface area contributed by atoms with Crippen LogP contribution >= 0.6 is 0 Å². The zero-order valence-electron chi connectivity index (χ0n) is 21.4. The van der Waals surface area contributed by atoms with Gasteiger partial charge in [-0.15, -0.1) is 9.78 Å². The zero-order chi connectivity index (χ0) is 25.3. The van der Waals surface area contributed by atoms with Crippen molar-refractivity contribution < 1.29 is 29.1 Å². The second kappa shape index (κ2) is 16.8. The van der Waals surface area contributed by atoms with Crippen LogP contribution in [0.4, 0.5) is 0 Å². The summed E-state index contributed by atoms with van der Waals surface area (Å²) in [5.74, 6) is -1.24. The standard InChI is InChI=1S/C29H40O6/c1-4-7-10-11-14-27(32-34-28(30)25-19-15-23(16-20-25)12-8-5-2)33-35-29(31)26-21-17-24(18-22-26)13-9-6-3/h15-22,27H,4-14H2,1-3H3. The summed E-state index contributed by atoms with van der Waals surface area (Å²) in [5.41, 5.74) is 3.11. The second-order valence-corrected chi connectivity index (χ2v) is 8.81. The third kappa shape index (κ3) is 11.1. The molecule has 0 atom stereocenters. The lowest BCUT2D eigenvalue weighted by molar-refractivity contribution is -0.421. The number of unbranched alkanes of at least 4 members (excludes halogenated alkanes) is 5. The highest BCUT2D eigenvalue weighted by Gasteiger charge is 2.19. The predicted molar refractivity (Wildman–Crippen MR) is 136 cm³/mol. The first-order chi connectivity index (χ1) is 17.1. The van der Waals surface area contributed by atoms with Crippen LogP contribution in [-0.4, -0.2) is 18.2 Å². The Morgan fingerprint density at radius 2 is 1.03 bits per heavy atom. The highest BCUT2D eigenvalue weighted by atomic mass is 17.3. The maximum atomic E-state index is 12.4. The Balaban J connectivity index is 1.88. The van der Waals surface area contributed by atoms with Crippen LogP contribution in [-0.2, 0) is 32.4 Å². The highest BCUT2D eigenvalue weighted by Crippen LogP contribution is 2.15. The molecule has 6 nitrogen and oxygen atoms in total. The lowest BCUT2D eigenvalue weighted by Gasteiger charge is -2.15. The van der Waals surface area contributed by atoms with Crippen molar-refractivity contribution in [3.63, 3.8) is 0 Å². The van der Waals surface area contributed by atoms with E-state index in [0.717, 1.165) is 64.2 Å². The zero-order valence-corrected chi connectivity index (χ0v) is 21.4. The topological polar surface area (TPSA) is 71.1 Å². The Kier molecular flexibility index (Phi) is 13.7. The molecule has 192 valence electrons. The minimum atomic E-state index is -1.01. The summed E-state index contributed by atoms with van der Waals surface area (Å²) in [5, 5.41) is 0. The molecule has 0 aliphatic heterocycles. The van der Waals surface area contributed by atoms with E-state index >= 15 is 0 Å². The molecule has 0 saturated carbocycles. The molecule has 35 heavy (non-hydrogen) atoms. The fraction of sp³-hybridized carbons (Fsp3) is 0.517. The largest absolute Gasteiger partial charge is 0.373 e. The van der Waals surface area contributed by atoms with E-state index < -0.39 is 18.2 Å². The summed E-state index contributed by atoms with van der Waals surface area (Å²) in [6.07, 6.45) is 9.71. The van der Waals surface area contributed by atoms with Gasteiger partial charge in [-0.25, -0.2) is 9.59 Å². The van der Waals surface area contributed by atoms with Gasteiger partial charge in [0.05, 0.1) is 11.1 Å². The third-order valence-electron chi connectivity index (χ3n) is 5.77. The first-order valence-corrected chi connectivity index (χ1v) is 13.0. The minimum Gasteiger partial charge on any atom is -0.290 e. The molecule has 6 heteroatoms. The van der Waals surface area contributed by atoms with Crippen LogP contribution in [0.5, 0.6) is 0 Å². The van der Waals surface area contributed by atoms with Crippen molar-refractivity contribution in [1.82, 2.24) is 0 Å². The first kappa shape index (κ1) is 28.5. The molecule has 0 N–H and O–H groups in total.